The maximum atomic E-state index is 12.9. The molecular formula is C25H21NO4. The summed E-state index contributed by atoms with van der Waals surface area (Å²) in [5.41, 5.74) is 3.33. The van der Waals surface area contributed by atoms with Crippen LogP contribution in [0.25, 0.3) is 11.1 Å². The van der Waals surface area contributed by atoms with Crippen LogP contribution < -0.4 is 4.90 Å². The van der Waals surface area contributed by atoms with E-state index in [1.807, 2.05) is 60.7 Å². The molecular weight excluding hydrogens is 378 g/mol. The highest BCUT2D eigenvalue weighted by molar-refractivity contribution is 6.15. The average Bonchev–Trinajstić information content (AvgIpc) is 3.06. The quantitative estimate of drug-likeness (QED) is 0.625. The van der Waals surface area contributed by atoms with Crippen LogP contribution in [-0.2, 0) is 14.3 Å². The number of rotatable bonds is 5. The van der Waals surface area contributed by atoms with Crippen LogP contribution in [0.2, 0.25) is 0 Å². The van der Waals surface area contributed by atoms with Crippen molar-refractivity contribution in [2.45, 2.75) is 13.0 Å². The molecule has 150 valence electrons. The van der Waals surface area contributed by atoms with Gasteiger partial charge in [0.2, 0.25) is 0 Å². The third kappa shape index (κ3) is 3.46. The molecule has 1 N–H and O–H groups in total. The molecule has 0 saturated heterocycles. The van der Waals surface area contributed by atoms with Gasteiger partial charge in [-0.05, 0) is 35.7 Å². The van der Waals surface area contributed by atoms with Crippen molar-refractivity contribution >= 4 is 17.6 Å². The number of nitrogens with zero attached hydrogens (tertiary/aromatic N) is 1. The topological polar surface area (TPSA) is 66.8 Å². The van der Waals surface area contributed by atoms with E-state index in [1.54, 1.807) is 31.2 Å². The van der Waals surface area contributed by atoms with Crippen LogP contribution in [0.15, 0.2) is 96.3 Å². The zero-order valence-electron chi connectivity index (χ0n) is 16.5. The Bertz CT molecular complexity index is 1090. The fourth-order valence-corrected chi connectivity index (χ4v) is 3.68. The number of ether oxygens (including phenoxy) is 1. The number of carbonyl (C=O) groups is 2. The maximum absolute atomic E-state index is 12.9. The summed E-state index contributed by atoms with van der Waals surface area (Å²) < 4.78 is 5.14. The van der Waals surface area contributed by atoms with Gasteiger partial charge in [0.1, 0.15) is 5.57 Å². The third-order valence-electron chi connectivity index (χ3n) is 5.07. The van der Waals surface area contributed by atoms with Gasteiger partial charge in [0.05, 0.1) is 12.6 Å². The molecule has 1 atom stereocenters. The Balaban J connectivity index is 1.79. The first-order valence-electron chi connectivity index (χ1n) is 9.76. The van der Waals surface area contributed by atoms with Crippen LogP contribution in [0.1, 0.15) is 18.5 Å². The van der Waals surface area contributed by atoms with Gasteiger partial charge in [-0.15, -0.1) is 0 Å². The van der Waals surface area contributed by atoms with Gasteiger partial charge in [-0.1, -0.05) is 72.8 Å². The van der Waals surface area contributed by atoms with Gasteiger partial charge in [-0.3, -0.25) is 9.69 Å². The monoisotopic (exact) mass is 399 g/mol. The number of esters is 1. The smallest absolute Gasteiger partial charge is 0.340 e. The van der Waals surface area contributed by atoms with E-state index in [-0.39, 0.29) is 12.2 Å². The Hall–Kier alpha value is -3.86. The minimum atomic E-state index is -0.774. The highest BCUT2D eigenvalue weighted by Crippen LogP contribution is 2.41. The lowest BCUT2D eigenvalue weighted by Crippen LogP contribution is -2.31. The van der Waals surface area contributed by atoms with Crippen molar-refractivity contribution in [3.05, 3.63) is 102 Å². The Morgan fingerprint density at radius 2 is 1.47 bits per heavy atom. The molecule has 3 aromatic carbocycles. The molecule has 1 aliphatic heterocycles. The van der Waals surface area contributed by atoms with Crippen molar-refractivity contribution in [3.63, 3.8) is 0 Å². The number of aliphatic hydroxyl groups excluding tert-OH is 1. The first kappa shape index (κ1) is 19.5. The second-order valence-corrected chi connectivity index (χ2v) is 6.88. The van der Waals surface area contributed by atoms with Crippen molar-refractivity contribution in [3.8, 4) is 11.1 Å². The van der Waals surface area contributed by atoms with E-state index >= 15 is 0 Å². The van der Waals surface area contributed by atoms with Gasteiger partial charge >= 0.3 is 5.97 Å². The summed E-state index contributed by atoms with van der Waals surface area (Å²) in [6, 6.07) is 25.8. The summed E-state index contributed by atoms with van der Waals surface area (Å²) in [7, 11) is 0. The van der Waals surface area contributed by atoms with Gasteiger partial charge < -0.3 is 9.84 Å². The van der Waals surface area contributed by atoms with E-state index < -0.39 is 23.7 Å². The lowest BCUT2D eigenvalue weighted by Gasteiger charge is -2.26. The van der Waals surface area contributed by atoms with Crippen LogP contribution in [0.4, 0.5) is 5.69 Å². The Morgan fingerprint density at radius 3 is 2.07 bits per heavy atom. The minimum Gasteiger partial charge on any atom is -0.503 e. The summed E-state index contributed by atoms with van der Waals surface area (Å²) in [5, 5.41) is 10.5. The summed E-state index contributed by atoms with van der Waals surface area (Å²) in [5.74, 6) is -1.89. The number of aliphatic hydroxyl groups is 1. The van der Waals surface area contributed by atoms with E-state index in [0.717, 1.165) is 11.1 Å². The molecule has 1 amide bonds. The molecule has 4 rings (SSSR count). The van der Waals surface area contributed by atoms with Gasteiger partial charge in [-0.25, -0.2) is 4.79 Å². The highest BCUT2D eigenvalue weighted by atomic mass is 16.5. The molecule has 1 unspecified atom stereocenters. The standard InChI is InChI=1S/C25H21NO4/c1-2-30-25(29)21-22(26(24(28)23(21)27)20-11-7-4-8-12-20)19-15-13-18(14-16-19)17-9-5-3-6-10-17/h3-16,22,27H,2H2,1H3. The van der Waals surface area contributed by atoms with Crippen LogP contribution in [0.3, 0.4) is 0 Å². The highest BCUT2D eigenvalue weighted by Gasteiger charge is 2.45. The normalized spacial score (nSPS) is 16.1. The van der Waals surface area contributed by atoms with Crippen LogP contribution in [-0.4, -0.2) is 23.6 Å². The van der Waals surface area contributed by atoms with Gasteiger partial charge in [-0.2, -0.15) is 0 Å². The second-order valence-electron chi connectivity index (χ2n) is 6.88. The fourth-order valence-electron chi connectivity index (χ4n) is 3.68. The van der Waals surface area contributed by atoms with E-state index in [2.05, 4.69) is 0 Å². The van der Waals surface area contributed by atoms with Crippen molar-refractivity contribution in [2.75, 3.05) is 11.5 Å². The van der Waals surface area contributed by atoms with E-state index in [1.165, 1.54) is 4.90 Å². The average molecular weight is 399 g/mol. The molecule has 1 heterocycles. The minimum absolute atomic E-state index is 0.0434. The van der Waals surface area contributed by atoms with Crippen LogP contribution in [0, 0.1) is 0 Å². The van der Waals surface area contributed by atoms with Crippen molar-refractivity contribution < 1.29 is 19.4 Å². The summed E-state index contributed by atoms with van der Waals surface area (Å²) in [6.07, 6.45) is 0. The number of hydrogen-bond donors (Lipinski definition) is 1. The van der Waals surface area contributed by atoms with Gasteiger partial charge in [0.15, 0.2) is 5.76 Å². The first-order chi connectivity index (χ1) is 14.6. The lowest BCUT2D eigenvalue weighted by atomic mass is 9.96. The fraction of sp³-hybridized carbons (Fsp3) is 0.120. The second kappa shape index (κ2) is 8.25. The Morgan fingerprint density at radius 1 is 0.900 bits per heavy atom. The summed E-state index contributed by atoms with van der Waals surface area (Å²) in [4.78, 5) is 27.0. The molecule has 0 bridgehead atoms. The Labute approximate surface area is 174 Å². The molecule has 0 radical (unpaired) electrons. The SMILES string of the molecule is CCOC(=O)C1=C(O)C(=O)N(c2ccccc2)C1c1ccc(-c2ccccc2)cc1. The molecule has 5 heteroatoms. The molecule has 5 nitrogen and oxygen atoms in total. The molecule has 3 aromatic rings. The predicted molar refractivity (Wildman–Crippen MR) is 115 cm³/mol. The molecule has 30 heavy (non-hydrogen) atoms. The molecule has 0 aromatic heterocycles. The predicted octanol–water partition coefficient (Wildman–Crippen LogP) is 4.82. The van der Waals surface area contributed by atoms with Gasteiger partial charge in [0, 0.05) is 5.69 Å². The Kier molecular flexibility index (Phi) is 5.35. The molecule has 0 spiro atoms. The summed E-state index contributed by atoms with van der Waals surface area (Å²) >= 11 is 0. The van der Waals surface area contributed by atoms with Crippen molar-refractivity contribution in [2.24, 2.45) is 0 Å². The zero-order chi connectivity index (χ0) is 21.1. The number of benzene rings is 3. The molecule has 1 aliphatic rings. The molecule has 0 saturated carbocycles. The zero-order valence-corrected chi connectivity index (χ0v) is 16.5. The summed E-state index contributed by atoms with van der Waals surface area (Å²) in [6.45, 7) is 1.83. The van der Waals surface area contributed by atoms with E-state index in [4.69, 9.17) is 4.74 Å². The lowest BCUT2D eigenvalue weighted by molar-refractivity contribution is -0.139. The number of carbonyl (C=O) groups excluding carboxylic acids is 2. The van der Waals surface area contributed by atoms with Crippen molar-refractivity contribution in [1.29, 1.82) is 0 Å². The van der Waals surface area contributed by atoms with Gasteiger partial charge in [0.25, 0.3) is 5.91 Å². The third-order valence-corrected chi connectivity index (χ3v) is 5.07. The largest absolute Gasteiger partial charge is 0.503 e. The first-order valence-corrected chi connectivity index (χ1v) is 9.76. The molecule has 0 aliphatic carbocycles. The number of para-hydroxylation sites is 1. The maximum Gasteiger partial charge on any atom is 0.340 e. The van der Waals surface area contributed by atoms with Crippen LogP contribution >= 0.6 is 0 Å². The van der Waals surface area contributed by atoms with Crippen LogP contribution in [0.5, 0.6) is 0 Å². The number of anilines is 1. The van der Waals surface area contributed by atoms with E-state index in [9.17, 15) is 14.7 Å². The number of hydrogen-bond acceptors (Lipinski definition) is 4. The number of amides is 1. The van der Waals surface area contributed by atoms with Crippen molar-refractivity contribution in [1.82, 2.24) is 0 Å². The molecule has 0 fully saturated rings. The van der Waals surface area contributed by atoms with E-state index in [0.29, 0.717) is 11.3 Å².